The average molecular weight is 448 g/mol. The summed E-state index contributed by atoms with van der Waals surface area (Å²) in [5, 5.41) is 0.394. The van der Waals surface area contributed by atoms with Crippen molar-refractivity contribution in [3.05, 3.63) is 75.5 Å². The van der Waals surface area contributed by atoms with Gasteiger partial charge in [-0.2, -0.15) is 0 Å². The van der Waals surface area contributed by atoms with Crippen LogP contribution >= 0.6 is 11.6 Å². The molecule has 0 unspecified atom stereocenters. The van der Waals surface area contributed by atoms with E-state index >= 15 is 0 Å². The van der Waals surface area contributed by atoms with Crippen LogP contribution in [0.15, 0.2) is 69.2 Å². The van der Waals surface area contributed by atoms with Crippen LogP contribution in [-0.4, -0.2) is 26.0 Å². The average Bonchev–Trinajstić information content (AvgIpc) is 2.74. The van der Waals surface area contributed by atoms with Crippen molar-refractivity contribution in [2.45, 2.75) is 16.7 Å². The summed E-state index contributed by atoms with van der Waals surface area (Å²) in [7, 11) is -4.21. The van der Waals surface area contributed by atoms with Crippen LogP contribution in [0.5, 0.6) is 0 Å². The van der Waals surface area contributed by atoms with Crippen molar-refractivity contribution in [1.82, 2.24) is 4.98 Å². The number of sulfone groups is 1. The molecule has 0 bridgehead atoms. The summed E-state index contributed by atoms with van der Waals surface area (Å²) in [4.78, 5) is 27.3. The van der Waals surface area contributed by atoms with E-state index in [1.54, 1.807) is 25.1 Å². The summed E-state index contributed by atoms with van der Waals surface area (Å²) in [5.41, 5.74) is 1.06. The Hall–Kier alpha value is -3.14. The van der Waals surface area contributed by atoms with Crippen LogP contribution in [-0.2, 0) is 14.6 Å². The van der Waals surface area contributed by atoms with Crippen molar-refractivity contribution in [1.29, 1.82) is 0 Å². The molecule has 30 heavy (non-hydrogen) atoms. The Morgan fingerprint density at radius 3 is 2.33 bits per heavy atom. The maximum Gasteiger partial charge on any atom is 0.344 e. The zero-order valence-electron chi connectivity index (χ0n) is 15.8. The number of aromatic amines is 1. The molecule has 0 amide bonds. The van der Waals surface area contributed by atoms with E-state index in [1.807, 2.05) is 0 Å². The molecule has 0 atom stereocenters. The number of aromatic nitrogens is 1. The summed E-state index contributed by atoms with van der Waals surface area (Å²) < 4.78 is 32.1. The van der Waals surface area contributed by atoms with Gasteiger partial charge in [-0.3, -0.25) is 4.79 Å². The quantitative estimate of drug-likeness (QED) is 0.300. The third kappa shape index (κ3) is 3.95. The highest BCUT2D eigenvalue weighted by Crippen LogP contribution is 2.37. The minimum absolute atomic E-state index is 0.00398. The first-order valence-electron chi connectivity index (χ1n) is 8.81. The number of halogens is 1. The van der Waals surface area contributed by atoms with E-state index in [-0.39, 0.29) is 33.3 Å². The fourth-order valence-electron chi connectivity index (χ4n) is 2.96. The monoisotopic (exact) mass is 447 g/mol. The number of nitrogens with two attached hydrogens (primary N) is 1. The Bertz CT molecular complexity index is 1240. The van der Waals surface area contributed by atoms with E-state index in [4.69, 9.17) is 22.2 Å². The summed E-state index contributed by atoms with van der Waals surface area (Å²) in [6.45, 7) is 1.57. The highest BCUT2D eigenvalue weighted by Gasteiger charge is 2.32. The lowest BCUT2D eigenvalue weighted by molar-refractivity contribution is 0.0525. The lowest BCUT2D eigenvalue weighted by Crippen LogP contribution is -2.27. The van der Waals surface area contributed by atoms with E-state index in [1.165, 1.54) is 36.4 Å². The van der Waals surface area contributed by atoms with Crippen molar-refractivity contribution < 1.29 is 17.9 Å². The summed E-state index contributed by atoms with van der Waals surface area (Å²) in [6, 6.07) is 13.6. The van der Waals surface area contributed by atoms with Crippen LogP contribution in [0.2, 0.25) is 5.02 Å². The predicted octanol–water partition coefficient (Wildman–Crippen LogP) is 2.99. The lowest BCUT2D eigenvalue weighted by atomic mass is 10.0. The number of nitrogens with one attached hydrogen (secondary N) is 2. The van der Waals surface area contributed by atoms with E-state index in [9.17, 15) is 18.0 Å². The van der Waals surface area contributed by atoms with Gasteiger partial charge in [0, 0.05) is 10.6 Å². The molecular formula is C20H18ClN3O5S. The number of hydrogen-bond acceptors (Lipinski definition) is 7. The van der Waals surface area contributed by atoms with Gasteiger partial charge in [0.05, 0.1) is 11.5 Å². The van der Waals surface area contributed by atoms with Gasteiger partial charge in [-0.25, -0.2) is 19.1 Å². The van der Waals surface area contributed by atoms with Crippen LogP contribution in [0, 0.1) is 0 Å². The molecule has 4 N–H and O–H groups in total. The number of hydrazine groups is 1. The van der Waals surface area contributed by atoms with E-state index in [0.29, 0.717) is 5.02 Å². The first kappa shape index (κ1) is 21.6. The number of hydrogen-bond donors (Lipinski definition) is 3. The molecule has 0 spiro atoms. The van der Waals surface area contributed by atoms with Gasteiger partial charge in [0.15, 0.2) is 0 Å². The SMILES string of the molecule is CCOC(=O)c1c(-c2ccc(Cl)cc2)c(S(=O)(=O)c2ccccc2)c(NN)[nH]c1=O. The summed E-state index contributed by atoms with van der Waals surface area (Å²) >= 11 is 5.96. The standard InChI is InChI=1S/C20H18ClN3O5S/c1-2-29-20(26)16-15(12-8-10-13(21)11-9-12)17(18(24-22)23-19(16)25)30(27,28)14-6-4-3-5-7-14/h3-11H,2,22H2,1H3,(H2,23,24,25). The molecule has 2 aromatic carbocycles. The third-order valence-electron chi connectivity index (χ3n) is 4.25. The number of ether oxygens (including phenoxy) is 1. The Morgan fingerprint density at radius 1 is 1.13 bits per heavy atom. The molecular weight excluding hydrogens is 430 g/mol. The molecule has 0 radical (unpaired) electrons. The maximum absolute atomic E-state index is 13.5. The number of benzene rings is 2. The highest BCUT2D eigenvalue weighted by molar-refractivity contribution is 7.91. The van der Waals surface area contributed by atoms with Gasteiger partial charge in [-0.05, 0) is 36.8 Å². The smallest absolute Gasteiger partial charge is 0.344 e. The predicted molar refractivity (Wildman–Crippen MR) is 113 cm³/mol. The van der Waals surface area contributed by atoms with Gasteiger partial charge >= 0.3 is 5.97 Å². The number of carbonyl (C=O) groups is 1. The Kier molecular flexibility index (Phi) is 6.25. The molecule has 8 nitrogen and oxygen atoms in total. The molecule has 1 heterocycles. The number of H-pyrrole nitrogens is 1. The second-order valence-corrected chi connectivity index (χ2v) is 8.42. The Labute approximate surface area is 177 Å². The molecule has 0 saturated heterocycles. The molecule has 3 aromatic rings. The van der Waals surface area contributed by atoms with Crippen molar-refractivity contribution in [3.8, 4) is 11.1 Å². The van der Waals surface area contributed by atoms with Gasteiger partial charge in [-0.15, -0.1) is 0 Å². The van der Waals surface area contributed by atoms with E-state index in [0.717, 1.165) is 0 Å². The third-order valence-corrected chi connectivity index (χ3v) is 6.34. The summed E-state index contributed by atoms with van der Waals surface area (Å²) in [6.07, 6.45) is 0. The van der Waals surface area contributed by atoms with Crippen molar-refractivity contribution >= 4 is 33.2 Å². The number of anilines is 1. The van der Waals surface area contributed by atoms with Crippen LogP contribution in [0.25, 0.3) is 11.1 Å². The topological polar surface area (TPSA) is 131 Å². The van der Waals surface area contributed by atoms with E-state index in [2.05, 4.69) is 10.4 Å². The Balaban J connectivity index is 2.49. The van der Waals surface area contributed by atoms with Crippen molar-refractivity contribution in [2.75, 3.05) is 12.0 Å². The number of nitrogen functional groups attached to an aromatic ring is 1. The van der Waals surface area contributed by atoms with Gasteiger partial charge in [0.1, 0.15) is 16.3 Å². The molecule has 3 rings (SSSR count). The molecule has 1 aromatic heterocycles. The molecule has 156 valence electrons. The zero-order valence-corrected chi connectivity index (χ0v) is 17.4. The molecule has 0 fully saturated rings. The molecule has 0 saturated carbocycles. The maximum atomic E-state index is 13.5. The normalized spacial score (nSPS) is 11.2. The number of esters is 1. The first-order valence-corrected chi connectivity index (χ1v) is 10.7. The van der Waals surface area contributed by atoms with Crippen LogP contribution < -0.4 is 16.8 Å². The number of rotatable bonds is 6. The van der Waals surface area contributed by atoms with Crippen LogP contribution in [0.1, 0.15) is 17.3 Å². The molecule has 10 heteroatoms. The van der Waals surface area contributed by atoms with Gasteiger partial charge in [0.2, 0.25) is 9.84 Å². The van der Waals surface area contributed by atoms with Gasteiger partial charge < -0.3 is 15.1 Å². The highest BCUT2D eigenvalue weighted by atomic mass is 35.5. The van der Waals surface area contributed by atoms with Gasteiger partial charge in [0.25, 0.3) is 5.56 Å². The molecule has 0 aliphatic carbocycles. The zero-order chi connectivity index (χ0) is 21.9. The fraction of sp³-hybridized carbons (Fsp3) is 0.100. The molecule has 0 aliphatic heterocycles. The van der Waals surface area contributed by atoms with Gasteiger partial charge in [-0.1, -0.05) is 41.9 Å². The summed E-state index contributed by atoms with van der Waals surface area (Å²) in [5.74, 6) is 4.30. The number of pyridine rings is 1. The minimum atomic E-state index is -4.21. The number of carbonyl (C=O) groups excluding carboxylic acids is 1. The molecule has 0 aliphatic rings. The lowest BCUT2D eigenvalue weighted by Gasteiger charge is -2.18. The van der Waals surface area contributed by atoms with Crippen LogP contribution in [0.4, 0.5) is 5.82 Å². The van der Waals surface area contributed by atoms with Crippen molar-refractivity contribution in [2.24, 2.45) is 5.84 Å². The van der Waals surface area contributed by atoms with E-state index < -0.39 is 26.9 Å². The minimum Gasteiger partial charge on any atom is -0.462 e. The second kappa shape index (κ2) is 8.70. The fourth-order valence-corrected chi connectivity index (χ4v) is 4.71. The van der Waals surface area contributed by atoms with Crippen molar-refractivity contribution in [3.63, 3.8) is 0 Å². The first-order chi connectivity index (χ1) is 14.3. The largest absolute Gasteiger partial charge is 0.462 e. The van der Waals surface area contributed by atoms with Crippen LogP contribution in [0.3, 0.4) is 0 Å². The second-order valence-electron chi connectivity index (χ2n) is 6.10. The Morgan fingerprint density at radius 2 is 1.77 bits per heavy atom.